The topological polar surface area (TPSA) is 33.7 Å². The Morgan fingerprint density at radius 1 is 0.733 bits per heavy atom. The minimum Gasteiger partial charge on any atom is -0.310 e. The minimum atomic E-state index is 0.151. The standard InChI is InChI=1S/C27H31N3/c1-20-9-11-21(12-10-20)17-18-29-24-7-5-6-8-25(24)30(26(29)28)19-22-13-15-23(16-14-22)27(2,3)4/h5-16,28H,17-19H2,1-4H3. The first-order valence-electron chi connectivity index (χ1n) is 10.7. The molecule has 0 saturated carbocycles. The zero-order chi connectivity index (χ0) is 21.3. The molecular formula is C27H31N3. The fourth-order valence-corrected chi connectivity index (χ4v) is 3.97. The zero-order valence-corrected chi connectivity index (χ0v) is 18.4. The Bertz CT molecular complexity index is 1200. The van der Waals surface area contributed by atoms with E-state index in [2.05, 4.69) is 110 Å². The number of hydrogen-bond donors (Lipinski definition) is 1. The summed E-state index contributed by atoms with van der Waals surface area (Å²) in [6.07, 6.45) is 0.922. The average molecular weight is 398 g/mol. The average Bonchev–Trinajstić information content (AvgIpc) is 2.99. The van der Waals surface area contributed by atoms with E-state index in [-0.39, 0.29) is 5.41 Å². The van der Waals surface area contributed by atoms with Crippen molar-refractivity contribution in [2.24, 2.45) is 0 Å². The van der Waals surface area contributed by atoms with Gasteiger partial charge in [0.1, 0.15) is 0 Å². The maximum atomic E-state index is 8.89. The fraction of sp³-hybridized carbons (Fsp3) is 0.296. The third-order valence-electron chi connectivity index (χ3n) is 5.88. The lowest BCUT2D eigenvalue weighted by Crippen LogP contribution is -2.25. The molecule has 0 radical (unpaired) electrons. The Kier molecular flexibility index (Phi) is 5.38. The fourth-order valence-electron chi connectivity index (χ4n) is 3.97. The molecule has 3 heteroatoms. The van der Waals surface area contributed by atoms with E-state index in [1.54, 1.807) is 0 Å². The van der Waals surface area contributed by atoms with Crippen LogP contribution in [0, 0.1) is 12.3 Å². The van der Waals surface area contributed by atoms with Crippen LogP contribution in [0.25, 0.3) is 11.0 Å². The van der Waals surface area contributed by atoms with Crippen molar-refractivity contribution >= 4 is 11.0 Å². The molecule has 0 aliphatic heterocycles. The van der Waals surface area contributed by atoms with Crippen molar-refractivity contribution < 1.29 is 0 Å². The van der Waals surface area contributed by atoms with E-state index in [0.29, 0.717) is 12.2 Å². The molecule has 4 rings (SSSR count). The molecule has 30 heavy (non-hydrogen) atoms. The molecule has 0 spiro atoms. The summed E-state index contributed by atoms with van der Waals surface area (Å²) in [5.41, 5.74) is 8.10. The summed E-state index contributed by atoms with van der Waals surface area (Å²) in [5.74, 6) is 0. The zero-order valence-electron chi connectivity index (χ0n) is 18.4. The summed E-state index contributed by atoms with van der Waals surface area (Å²) in [6.45, 7) is 10.3. The van der Waals surface area contributed by atoms with Crippen molar-refractivity contribution in [3.63, 3.8) is 0 Å². The van der Waals surface area contributed by atoms with Crippen molar-refractivity contribution in [3.8, 4) is 0 Å². The number of hydrogen-bond acceptors (Lipinski definition) is 1. The second kappa shape index (κ2) is 7.98. The number of nitrogens with zero attached hydrogens (tertiary/aromatic N) is 2. The second-order valence-corrected chi connectivity index (χ2v) is 9.23. The highest BCUT2D eigenvalue weighted by molar-refractivity contribution is 5.76. The molecule has 154 valence electrons. The van der Waals surface area contributed by atoms with Gasteiger partial charge in [-0.3, -0.25) is 5.41 Å². The van der Waals surface area contributed by atoms with Crippen LogP contribution < -0.4 is 5.62 Å². The molecule has 0 unspecified atom stereocenters. The van der Waals surface area contributed by atoms with Crippen LogP contribution in [-0.2, 0) is 24.9 Å². The highest BCUT2D eigenvalue weighted by Crippen LogP contribution is 2.23. The van der Waals surface area contributed by atoms with Crippen LogP contribution in [0.15, 0.2) is 72.8 Å². The molecule has 1 N–H and O–H groups in total. The van der Waals surface area contributed by atoms with Crippen molar-refractivity contribution in [1.29, 1.82) is 5.41 Å². The molecule has 3 nitrogen and oxygen atoms in total. The van der Waals surface area contributed by atoms with Crippen LogP contribution in [0.1, 0.15) is 43.0 Å². The molecular weight excluding hydrogens is 366 g/mol. The van der Waals surface area contributed by atoms with E-state index in [1.807, 2.05) is 0 Å². The molecule has 0 atom stereocenters. The van der Waals surface area contributed by atoms with Gasteiger partial charge in [0.2, 0.25) is 5.62 Å². The number of rotatable bonds is 5. The molecule has 0 amide bonds. The second-order valence-electron chi connectivity index (χ2n) is 9.23. The molecule has 0 saturated heterocycles. The summed E-state index contributed by atoms with van der Waals surface area (Å²) in [5, 5.41) is 8.89. The lowest BCUT2D eigenvalue weighted by molar-refractivity contribution is 0.589. The quantitative estimate of drug-likeness (QED) is 0.440. The molecule has 1 heterocycles. The van der Waals surface area contributed by atoms with E-state index in [9.17, 15) is 0 Å². The van der Waals surface area contributed by atoms with E-state index >= 15 is 0 Å². The summed E-state index contributed by atoms with van der Waals surface area (Å²) >= 11 is 0. The van der Waals surface area contributed by atoms with E-state index in [4.69, 9.17) is 5.41 Å². The van der Waals surface area contributed by atoms with Gasteiger partial charge in [-0.05, 0) is 47.6 Å². The van der Waals surface area contributed by atoms with Crippen molar-refractivity contribution in [2.75, 3.05) is 0 Å². The molecule has 0 aliphatic carbocycles. The molecule has 0 aliphatic rings. The Labute approximate surface area is 179 Å². The van der Waals surface area contributed by atoms with Crippen molar-refractivity contribution in [1.82, 2.24) is 9.13 Å². The van der Waals surface area contributed by atoms with Gasteiger partial charge in [-0.1, -0.05) is 87.0 Å². The maximum Gasteiger partial charge on any atom is 0.203 e. The van der Waals surface area contributed by atoms with Crippen molar-refractivity contribution in [3.05, 3.63) is 101 Å². The molecule has 4 aromatic rings. The van der Waals surface area contributed by atoms with E-state index in [1.165, 1.54) is 22.3 Å². The van der Waals surface area contributed by atoms with Crippen LogP contribution >= 0.6 is 0 Å². The Hall–Kier alpha value is -3.07. The predicted molar refractivity (Wildman–Crippen MR) is 125 cm³/mol. The van der Waals surface area contributed by atoms with E-state index in [0.717, 1.165) is 24.0 Å². The van der Waals surface area contributed by atoms with Crippen LogP contribution in [0.4, 0.5) is 0 Å². The number of nitrogens with one attached hydrogen (secondary N) is 1. The number of benzene rings is 3. The van der Waals surface area contributed by atoms with Gasteiger partial charge in [-0.2, -0.15) is 0 Å². The molecule has 0 bridgehead atoms. The van der Waals surface area contributed by atoms with Gasteiger partial charge < -0.3 is 9.13 Å². The highest BCUT2D eigenvalue weighted by atomic mass is 15.2. The van der Waals surface area contributed by atoms with Crippen LogP contribution in [-0.4, -0.2) is 9.13 Å². The maximum absolute atomic E-state index is 8.89. The van der Waals surface area contributed by atoms with Gasteiger partial charge in [0.05, 0.1) is 17.6 Å². The lowest BCUT2D eigenvalue weighted by atomic mass is 9.87. The third-order valence-corrected chi connectivity index (χ3v) is 5.88. The Balaban J connectivity index is 1.65. The molecule has 0 fully saturated rings. The summed E-state index contributed by atoms with van der Waals surface area (Å²) in [7, 11) is 0. The first-order chi connectivity index (χ1) is 14.3. The molecule has 1 aromatic heterocycles. The minimum absolute atomic E-state index is 0.151. The predicted octanol–water partition coefficient (Wildman–Crippen LogP) is 5.82. The number of aromatic nitrogens is 2. The SMILES string of the molecule is Cc1ccc(CCn2c(=N)n(Cc3ccc(C(C)(C)C)cc3)c3ccccc32)cc1. The number of fused-ring (bicyclic) bond motifs is 1. The van der Waals surface area contributed by atoms with Gasteiger partial charge in [0.15, 0.2) is 0 Å². The molecule has 3 aromatic carbocycles. The summed E-state index contributed by atoms with van der Waals surface area (Å²) in [4.78, 5) is 0. The first-order valence-corrected chi connectivity index (χ1v) is 10.7. The van der Waals surface area contributed by atoms with Crippen molar-refractivity contribution in [2.45, 2.75) is 52.6 Å². The summed E-state index contributed by atoms with van der Waals surface area (Å²) in [6, 6.07) is 25.9. The monoisotopic (exact) mass is 397 g/mol. The Morgan fingerprint density at radius 2 is 1.30 bits per heavy atom. The number of aryl methyl sites for hydroxylation is 3. The van der Waals surface area contributed by atoms with Gasteiger partial charge in [0, 0.05) is 6.54 Å². The van der Waals surface area contributed by atoms with Crippen LogP contribution in [0.5, 0.6) is 0 Å². The number of imidazole rings is 1. The lowest BCUT2D eigenvalue weighted by Gasteiger charge is -2.19. The van der Waals surface area contributed by atoms with Gasteiger partial charge in [0.25, 0.3) is 0 Å². The van der Waals surface area contributed by atoms with Crippen LogP contribution in [0.2, 0.25) is 0 Å². The summed E-state index contributed by atoms with van der Waals surface area (Å²) < 4.78 is 4.26. The normalized spacial score (nSPS) is 11.9. The van der Waals surface area contributed by atoms with Gasteiger partial charge >= 0.3 is 0 Å². The van der Waals surface area contributed by atoms with Gasteiger partial charge in [-0.25, -0.2) is 0 Å². The smallest absolute Gasteiger partial charge is 0.203 e. The largest absolute Gasteiger partial charge is 0.310 e. The van der Waals surface area contributed by atoms with Crippen LogP contribution in [0.3, 0.4) is 0 Å². The third kappa shape index (κ3) is 4.11. The Morgan fingerprint density at radius 3 is 1.90 bits per heavy atom. The van der Waals surface area contributed by atoms with Gasteiger partial charge in [-0.15, -0.1) is 0 Å². The first kappa shape index (κ1) is 20.2. The van der Waals surface area contributed by atoms with E-state index < -0.39 is 0 Å². The number of para-hydroxylation sites is 2. The highest BCUT2D eigenvalue weighted by Gasteiger charge is 2.14.